The Balaban J connectivity index is 1.67. The van der Waals surface area contributed by atoms with Gasteiger partial charge in [-0.25, -0.2) is 0 Å². The maximum atomic E-state index is 12.9. The minimum atomic E-state index is -0.326. The first-order chi connectivity index (χ1) is 14.5. The van der Waals surface area contributed by atoms with E-state index in [-0.39, 0.29) is 17.9 Å². The van der Waals surface area contributed by atoms with Crippen LogP contribution in [0.2, 0.25) is 0 Å². The van der Waals surface area contributed by atoms with E-state index in [4.69, 9.17) is 0 Å². The van der Waals surface area contributed by atoms with E-state index in [2.05, 4.69) is 10.6 Å². The number of amides is 2. The Hall–Kier alpha value is -3.44. The lowest BCUT2D eigenvalue weighted by Crippen LogP contribution is -2.39. The standard InChI is InChI=1S/C25H27N3O2/c1-18(28(3)17-19-13-15-21(16-14-19)25(30)26-2)24(29)27-23-12-8-7-11-22(23)20-9-5-4-6-10-20/h4-16,18H,17H2,1-3H3,(H,26,30)(H,27,29)/t18-/m1/s1. The van der Waals surface area contributed by atoms with E-state index in [9.17, 15) is 9.59 Å². The fourth-order valence-corrected chi connectivity index (χ4v) is 3.23. The number of anilines is 1. The zero-order valence-corrected chi connectivity index (χ0v) is 17.6. The quantitative estimate of drug-likeness (QED) is 0.625. The van der Waals surface area contributed by atoms with Crippen LogP contribution < -0.4 is 10.6 Å². The van der Waals surface area contributed by atoms with Gasteiger partial charge in [-0.15, -0.1) is 0 Å². The Morgan fingerprint density at radius 3 is 2.20 bits per heavy atom. The van der Waals surface area contributed by atoms with E-state index >= 15 is 0 Å². The third-order valence-corrected chi connectivity index (χ3v) is 5.19. The molecule has 0 aliphatic heterocycles. The van der Waals surface area contributed by atoms with E-state index < -0.39 is 0 Å². The minimum absolute atomic E-state index is 0.0668. The molecule has 0 aliphatic carbocycles. The predicted molar refractivity (Wildman–Crippen MR) is 121 cm³/mol. The normalized spacial score (nSPS) is 11.7. The van der Waals surface area contributed by atoms with Gasteiger partial charge in [-0.1, -0.05) is 60.7 Å². The summed E-state index contributed by atoms with van der Waals surface area (Å²) in [4.78, 5) is 26.6. The van der Waals surface area contributed by atoms with Gasteiger partial charge in [0.05, 0.1) is 6.04 Å². The average molecular weight is 402 g/mol. The summed E-state index contributed by atoms with van der Waals surface area (Å²) >= 11 is 0. The van der Waals surface area contributed by atoms with Crippen LogP contribution in [0.3, 0.4) is 0 Å². The Labute approximate surface area is 177 Å². The van der Waals surface area contributed by atoms with Crippen LogP contribution in [0.15, 0.2) is 78.9 Å². The molecule has 5 heteroatoms. The second kappa shape index (κ2) is 9.85. The van der Waals surface area contributed by atoms with Crippen LogP contribution in [0.25, 0.3) is 11.1 Å². The van der Waals surface area contributed by atoms with Gasteiger partial charge in [-0.2, -0.15) is 0 Å². The van der Waals surface area contributed by atoms with Crippen molar-refractivity contribution in [3.8, 4) is 11.1 Å². The van der Waals surface area contributed by atoms with Crippen molar-refractivity contribution in [3.05, 3.63) is 90.0 Å². The highest BCUT2D eigenvalue weighted by Crippen LogP contribution is 2.27. The number of nitrogens with one attached hydrogen (secondary N) is 2. The molecule has 0 heterocycles. The van der Waals surface area contributed by atoms with Gasteiger partial charge in [0.25, 0.3) is 5.91 Å². The van der Waals surface area contributed by atoms with Crippen LogP contribution in [0.1, 0.15) is 22.8 Å². The van der Waals surface area contributed by atoms with Gasteiger partial charge in [0.1, 0.15) is 0 Å². The molecule has 30 heavy (non-hydrogen) atoms. The molecular formula is C25H27N3O2. The summed E-state index contributed by atoms with van der Waals surface area (Å²) in [6.07, 6.45) is 0. The molecule has 3 rings (SSSR count). The smallest absolute Gasteiger partial charge is 0.251 e. The number of benzene rings is 3. The highest BCUT2D eigenvalue weighted by Gasteiger charge is 2.19. The Morgan fingerprint density at radius 1 is 0.900 bits per heavy atom. The summed E-state index contributed by atoms with van der Waals surface area (Å²) in [6, 6.07) is 24.9. The van der Waals surface area contributed by atoms with Crippen LogP contribution >= 0.6 is 0 Å². The lowest BCUT2D eigenvalue weighted by Gasteiger charge is -2.24. The number of hydrogen-bond acceptors (Lipinski definition) is 3. The van der Waals surface area contributed by atoms with Gasteiger partial charge in [-0.05, 0) is 43.3 Å². The van der Waals surface area contributed by atoms with Crippen molar-refractivity contribution in [1.82, 2.24) is 10.2 Å². The van der Waals surface area contributed by atoms with Crippen molar-refractivity contribution >= 4 is 17.5 Å². The molecule has 0 aliphatic rings. The van der Waals surface area contributed by atoms with Crippen molar-refractivity contribution in [3.63, 3.8) is 0 Å². The predicted octanol–water partition coefficient (Wildman–Crippen LogP) is 4.17. The van der Waals surface area contributed by atoms with Crippen molar-refractivity contribution in [2.75, 3.05) is 19.4 Å². The first-order valence-corrected chi connectivity index (χ1v) is 9.96. The van der Waals surface area contributed by atoms with Crippen molar-refractivity contribution in [1.29, 1.82) is 0 Å². The molecule has 1 atom stereocenters. The van der Waals surface area contributed by atoms with E-state index in [0.717, 1.165) is 22.4 Å². The largest absolute Gasteiger partial charge is 0.355 e. The van der Waals surface area contributed by atoms with Gasteiger partial charge in [0.15, 0.2) is 0 Å². The molecule has 3 aromatic rings. The van der Waals surface area contributed by atoms with Gasteiger partial charge >= 0.3 is 0 Å². The molecule has 3 aromatic carbocycles. The molecule has 0 saturated carbocycles. The van der Waals surface area contributed by atoms with Crippen LogP contribution in [0.5, 0.6) is 0 Å². The summed E-state index contributed by atoms with van der Waals surface area (Å²) in [5, 5.41) is 5.69. The molecule has 0 fully saturated rings. The van der Waals surface area contributed by atoms with E-state index in [1.165, 1.54) is 0 Å². The molecule has 0 bridgehead atoms. The topological polar surface area (TPSA) is 61.4 Å². The monoisotopic (exact) mass is 401 g/mol. The summed E-state index contributed by atoms with van der Waals surface area (Å²) in [5.74, 6) is -0.178. The Kier molecular flexibility index (Phi) is 6.99. The molecule has 0 saturated heterocycles. The van der Waals surface area contributed by atoms with Crippen LogP contribution in [-0.2, 0) is 11.3 Å². The highest BCUT2D eigenvalue weighted by atomic mass is 16.2. The molecule has 5 nitrogen and oxygen atoms in total. The van der Waals surface area contributed by atoms with E-state index in [1.54, 1.807) is 19.2 Å². The SMILES string of the molecule is CNC(=O)c1ccc(CN(C)[C@H](C)C(=O)Nc2ccccc2-c2ccccc2)cc1. The third kappa shape index (κ3) is 5.13. The minimum Gasteiger partial charge on any atom is -0.355 e. The zero-order valence-electron chi connectivity index (χ0n) is 17.6. The number of likely N-dealkylation sites (N-methyl/N-ethyl adjacent to an activating group) is 1. The maximum absolute atomic E-state index is 12.9. The highest BCUT2D eigenvalue weighted by molar-refractivity contribution is 5.98. The van der Waals surface area contributed by atoms with Crippen LogP contribution in [-0.4, -0.2) is 36.9 Å². The maximum Gasteiger partial charge on any atom is 0.251 e. The van der Waals surface area contributed by atoms with Crippen molar-refractivity contribution in [2.24, 2.45) is 0 Å². The van der Waals surface area contributed by atoms with Gasteiger partial charge < -0.3 is 10.6 Å². The fraction of sp³-hybridized carbons (Fsp3) is 0.200. The lowest BCUT2D eigenvalue weighted by molar-refractivity contribution is -0.120. The molecular weight excluding hydrogens is 374 g/mol. The molecule has 2 amide bonds. The number of carbonyl (C=O) groups is 2. The van der Waals surface area contributed by atoms with Gasteiger partial charge in [0, 0.05) is 30.4 Å². The number of hydrogen-bond donors (Lipinski definition) is 2. The first-order valence-electron chi connectivity index (χ1n) is 9.96. The number of para-hydroxylation sites is 1. The summed E-state index contributed by atoms with van der Waals surface area (Å²) in [7, 11) is 3.53. The molecule has 154 valence electrons. The average Bonchev–Trinajstić information content (AvgIpc) is 2.79. The number of rotatable bonds is 7. The Morgan fingerprint density at radius 2 is 1.53 bits per heavy atom. The molecule has 0 unspecified atom stereocenters. The fourth-order valence-electron chi connectivity index (χ4n) is 3.23. The molecule has 0 aromatic heterocycles. The molecule has 0 radical (unpaired) electrons. The summed E-state index contributed by atoms with van der Waals surface area (Å²) in [6.45, 7) is 2.49. The summed E-state index contributed by atoms with van der Waals surface area (Å²) < 4.78 is 0. The first kappa shape index (κ1) is 21.3. The van der Waals surface area contributed by atoms with Crippen molar-refractivity contribution < 1.29 is 9.59 Å². The second-order valence-electron chi connectivity index (χ2n) is 7.27. The van der Waals surface area contributed by atoms with Crippen LogP contribution in [0, 0.1) is 0 Å². The summed E-state index contributed by atoms with van der Waals surface area (Å²) in [5.41, 5.74) is 4.50. The number of carbonyl (C=O) groups excluding carboxylic acids is 2. The molecule has 2 N–H and O–H groups in total. The van der Waals surface area contributed by atoms with Gasteiger partial charge in [0.2, 0.25) is 5.91 Å². The zero-order chi connectivity index (χ0) is 21.5. The lowest BCUT2D eigenvalue weighted by atomic mass is 10.0. The van der Waals surface area contributed by atoms with Crippen LogP contribution in [0.4, 0.5) is 5.69 Å². The third-order valence-electron chi connectivity index (χ3n) is 5.19. The number of nitrogens with zero attached hydrogens (tertiary/aromatic N) is 1. The molecule has 0 spiro atoms. The van der Waals surface area contributed by atoms with E-state index in [0.29, 0.717) is 12.1 Å². The van der Waals surface area contributed by atoms with Gasteiger partial charge in [-0.3, -0.25) is 14.5 Å². The van der Waals surface area contributed by atoms with Crippen molar-refractivity contribution in [2.45, 2.75) is 19.5 Å². The van der Waals surface area contributed by atoms with E-state index in [1.807, 2.05) is 85.6 Å². The second-order valence-corrected chi connectivity index (χ2v) is 7.27. The Bertz CT molecular complexity index is 1000.